The number of benzene rings is 1. The first-order valence-electron chi connectivity index (χ1n) is 8.45. The van der Waals surface area contributed by atoms with Gasteiger partial charge in [-0.3, -0.25) is 4.79 Å². The molecule has 0 aliphatic carbocycles. The first-order chi connectivity index (χ1) is 10.4. The number of hydrogen-bond acceptors (Lipinski definition) is 3. The third kappa shape index (κ3) is 5.45. The fourth-order valence-electron chi connectivity index (χ4n) is 2.42. The Bertz CT molecular complexity index is 476. The van der Waals surface area contributed by atoms with Crippen LogP contribution >= 0.6 is 0 Å². The van der Waals surface area contributed by atoms with Gasteiger partial charge in [-0.15, -0.1) is 0 Å². The highest BCUT2D eigenvalue weighted by atomic mass is 16.5. The van der Waals surface area contributed by atoms with Crippen molar-refractivity contribution in [1.29, 1.82) is 0 Å². The van der Waals surface area contributed by atoms with E-state index >= 15 is 0 Å². The lowest BCUT2D eigenvalue weighted by molar-refractivity contribution is 0.0960. The van der Waals surface area contributed by atoms with Crippen molar-refractivity contribution in [1.82, 2.24) is 4.90 Å². The Morgan fingerprint density at radius 1 is 1.14 bits per heavy atom. The van der Waals surface area contributed by atoms with E-state index in [1.807, 2.05) is 26.0 Å². The van der Waals surface area contributed by atoms with Crippen molar-refractivity contribution in [2.45, 2.75) is 60.0 Å². The Morgan fingerprint density at radius 2 is 1.77 bits per heavy atom. The third-order valence-corrected chi connectivity index (χ3v) is 3.88. The molecule has 3 heteroatoms. The first-order valence-corrected chi connectivity index (χ1v) is 8.45. The average Bonchev–Trinajstić information content (AvgIpc) is 2.47. The number of rotatable bonds is 9. The molecule has 124 valence electrons. The summed E-state index contributed by atoms with van der Waals surface area (Å²) in [7, 11) is 0. The normalized spacial score (nSPS) is 11.5. The van der Waals surface area contributed by atoms with Crippen LogP contribution in [0.4, 0.5) is 0 Å². The maximum atomic E-state index is 12.7. The lowest BCUT2D eigenvalue weighted by Crippen LogP contribution is -2.26. The monoisotopic (exact) mass is 305 g/mol. The molecule has 0 saturated carbocycles. The quantitative estimate of drug-likeness (QED) is 0.629. The summed E-state index contributed by atoms with van der Waals surface area (Å²) in [6.07, 6.45) is 0.608. The molecular formula is C19H31NO2. The molecule has 0 aliphatic rings. The largest absolute Gasteiger partial charge is 0.490 e. The van der Waals surface area contributed by atoms with Crippen molar-refractivity contribution in [3.8, 4) is 5.75 Å². The summed E-state index contributed by atoms with van der Waals surface area (Å²) < 4.78 is 5.83. The molecule has 0 atom stereocenters. The van der Waals surface area contributed by atoms with Crippen molar-refractivity contribution in [3.63, 3.8) is 0 Å². The van der Waals surface area contributed by atoms with Crippen LogP contribution in [-0.4, -0.2) is 36.4 Å². The molecule has 0 unspecified atom stereocenters. The van der Waals surface area contributed by atoms with Gasteiger partial charge in [0.15, 0.2) is 5.78 Å². The molecule has 0 N–H and O–H groups in total. The Hall–Kier alpha value is -1.35. The molecule has 0 radical (unpaired) electrons. The third-order valence-electron chi connectivity index (χ3n) is 3.88. The Labute approximate surface area is 135 Å². The highest BCUT2D eigenvalue weighted by Crippen LogP contribution is 2.26. The Balaban J connectivity index is 2.96. The van der Waals surface area contributed by atoms with E-state index in [0.717, 1.165) is 25.2 Å². The van der Waals surface area contributed by atoms with Crippen LogP contribution in [0.1, 0.15) is 69.8 Å². The highest BCUT2D eigenvalue weighted by Gasteiger charge is 2.16. The van der Waals surface area contributed by atoms with Crippen LogP contribution in [0.3, 0.4) is 0 Å². The number of ether oxygens (including phenoxy) is 1. The van der Waals surface area contributed by atoms with Gasteiger partial charge in [0.2, 0.25) is 0 Å². The molecule has 0 fully saturated rings. The van der Waals surface area contributed by atoms with Gasteiger partial charge < -0.3 is 9.64 Å². The molecule has 0 aromatic heterocycles. The first kappa shape index (κ1) is 18.7. The number of hydrogen-bond donors (Lipinski definition) is 0. The van der Waals surface area contributed by atoms with E-state index in [0.29, 0.717) is 18.1 Å². The molecule has 1 rings (SSSR count). The molecule has 1 aromatic rings. The van der Waals surface area contributed by atoms with Crippen LogP contribution in [0.2, 0.25) is 0 Å². The zero-order chi connectivity index (χ0) is 16.7. The minimum absolute atomic E-state index is 0.0687. The van der Waals surface area contributed by atoms with E-state index in [9.17, 15) is 4.79 Å². The highest BCUT2D eigenvalue weighted by molar-refractivity contribution is 5.99. The second-order valence-corrected chi connectivity index (χ2v) is 6.28. The predicted octanol–water partition coefficient (Wildman–Crippen LogP) is 4.51. The van der Waals surface area contributed by atoms with Crippen molar-refractivity contribution < 1.29 is 9.53 Å². The van der Waals surface area contributed by atoms with E-state index in [1.54, 1.807) is 0 Å². The molecule has 0 aliphatic heterocycles. The minimum Gasteiger partial charge on any atom is -0.490 e. The van der Waals surface area contributed by atoms with Gasteiger partial charge in [0.05, 0.1) is 11.7 Å². The number of carbonyl (C=O) groups is 1. The molecule has 3 nitrogen and oxygen atoms in total. The molecular weight excluding hydrogens is 274 g/mol. The van der Waals surface area contributed by atoms with Crippen LogP contribution in [0.5, 0.6) is 5.75 Å². The summed E-state index contributed by atoms with van der Waals surface area (Å²) in [5, 5.41) is 0. The topological polar surface area (TPSA) is 29.5 Å². The van der Waals surface area contributed by atoms with E-state index in [-0.39, 0.29) is 11.9 Å². The van der Waals surface area contributed by atoms with Crippen LogP contribution < -0.4 is 4.74 Å². The minimum atomic E-state index is 0.0687. The maximum absolute atomic E-state index is 12.7. The number of carbonyl (C=O) groups excluding carboxylic acids is 1. The molecule has 22 heavy (non-hydrogen) atoms. The predicted molar refractivity (Wildman–Crippen MR) is 93.0 cm³/mol. The second kappa shape index (κ2) is 8.94. The number of Topliss-reactive ketones (excluding diaryl/α,β-unsaturated/α-hetero) is 1. The van der Waals surface area contributed by atoms with Gasteiger partial charge in [0.25, 0.3) is 0 Å². The zero-order valence-corrected chi connectivity index (χ0v) is 15.0. The van der Waals surface area contributed by atoms with Crippen molar-refractivity contribution >= 4 is 5.78 Å². The lowest BCUT2D eigenvalue weighted by Gasteiger charge is -2.19. The van der Waals surface area contributed by atoms with Crippen LogP contribution in [0, 0.1) is 0 Å². The maximum Gasteiger partial charge on any atom is 0.167 e. The van der Waals surface area contributed by atoms with Crippen LogP contribution in [-0.2, 0) is 0 Å². The zero-order valence-electron chi connectivity index (χ0n) is 15.0. The summed E-state index contributed by atoms with van der Waals surface area (Å²) in [4.78, 5) is 14.9. The number of ketones is 1. The summed E-state index contributed by atoms with van der Waals surface area (Å²) in [6.45, 7) is 15.3. The van der Waals surface area contributed by atoms with E-state index in [1.165, 1.54) is 5.56 Å². The van der Waals surface area contributed by atoms with Crippen molar-refractivity contribution in [3.05, 3.63) is 29.3 Å². The number of nitrogens with zero attached hydrogens (tertiary/aromatic N) is 1. The molecule has 0 amide bonds. The molecule has 0 bridgehead atoms. The fourth-order valence-corrected chi connectivity index (χ4v) is 2.42. The summed E-state index contributed by atoms with van der Waals surface area (Å²) in [6, 6.07) is 6.01. The molecule has 0 saturated heterocycles. The molecule has 0 spiro atoms. The van der Waals surface area contributed by atoms with Gasteiger partial charge in [0, 0.05) is 13.0 Å². The molecule has 0 heterocycles. The lowest BCUT2D eigenvalue weighted by atomic mass is 9.97. The smallest absolute Gasteiger partial charge is 0.167 e. The van der Waals surface area contributed by atoms with E-state index < -0.39 is 0 Å². The van der Waals surface area contributed by atoms with Gasteiger partial charge in [0.1, 0.15) is 5.75 Å². The van der Waals surface area contributed by atoms with Gasteiger partial charge >= 0.3 is 0 Å². The van der Waals surface area contributed by atoms with E-state index in [4.69, 9.17) is 4.74 Å². The SMILES string of the molecule is CCN(CC)CCC(=O)c1cc(C(C)C)ccc1OC(C)C. The molecule has 1 aromatic carbocycles. The average molecular weight is 305 g/mol. The van der Waals surface area contributed by atoms with Gasteiger partial charge in [-0.2, -0.15) is 0 Å². The Kier molecular flexibility index (Phi) is 7.60. The van der Waals surface area contributed by atoms with Crippen LogP contribution in [0.25, 0.3) is 0 Å². The summed E-state index contributed by atoms with van der Waals surface area (Å²) >= 11 is 0. The van der Waals surface area contributed by atoms with Gasteiger partial charge in [-0.25, -0.2) is 0 Å². The van der Waals surface area contributed by atoms with Gasteiger partial charge in [-0.05, 0) is 50.6 Å². The fraction of sp³-hybridized carbons (Fsp3) is 0.632. The van der Waals surface area contributed by atoms with Crippen molar-refractivity contribution in [2.24, 2.45) is 0 Å². The van der Waals surface area contributed by atoms with Crippen molar-refractivity contribution in [2.75, 3.05) is 19.6 Å². The summed E-state index contributed by atoms with van der Waals surface area (Å²) in [5.41, 5.74) is 1.91. The standard InChI is InChI=1S/C19H31NO2/c1-7-20(8-2)12-11-18(21)17-13-16(14(3)4)9-10-19(17)22-15(5)6/h9-10,13-15H,7-8,11-12H2,1-6H3. The van der Waals surface area contributed by atoms with Gasteiger partial charge in [-0.1, -0.05) is 33.8 Å². The van der Waals surface area contributed by atoms with E-state index in [2.05, 4.69) is 38.7 Å². The van der Waals surface area contributed by atoms with Crippen LogP contribution in [0.15, 0.2) is 18.2 Å². The second-order valence-electron chi connectivity index (χ2n) is 6.28. The Morgan fingerprint density at radius 3 is 2.27 bits per heavy atom. The summed E-state index contributed by atoms with van der Waals surface area (Å²) in [5.74, 6) is 1.29.